The van der Waals surface area contributed by atoms with E-state index in [-0.39, 0.29) is 13.2 Å². The predicted octanol–water partition coefficient (Wildman–Crippen LogP) is 8.56. The van der Waals surface area contributed by atoms with Crippen molar-refractivity contribution >= 4 is 31.7 Å². The number of aliphatic hydroxyl groups excluding tert-OH is 1. The molecule has 0 heterocycles. The van der Waals surface area contributed by atoms with Gasteiger partial charge in [-0.25, -0.2) is 0 Å². The lowest BCUT2D eigenvalue weighted by Crippen LogP contribution is -2.23. The summed E-state index contributed by atoms with van der Waals surface area (Å²) in [5.74, 6) is 3.53. The van der Waals surface area contributed by atoms with E-state index >= 15 is 0 Å². The normalized spacial score (nSPS) is 22.3. The zero-order valence-electron chi connectivity index (χ0n) is 26.2. The van der Waals surface area contributed by atoms with Gasteiger partial charge in [0.15, 0.2) is 0 Å². The van der Waals surface area contributed by atoms with Crippen LogP contribution in [0.4, 0.5) is 0 Å². The molecule has 2 fully saturated rings. The zero-order chi connectivity index (χ0) is 31.1. The maximum atomic E-state index is 11.1. The van der Waals surface area contributed by atoms with Crippen molar-refractivity contribution in [1.29, 1.82) is 0 Å². The minimum atomic E-state index is -3.43. The van der Waals surface area contributed by atoms with Gasteiger partial charge in [-0.3, -0.25) is 4.18 Å². The molecule has 4 aromatic rings. The van der Waals surface area contributed by atoms with Crippen LogP contribution in [0.25, 0.3) is 21.5 Å². The van der Waals surface area contributed by atoms with Crippen LogP contribution in [0.3, 0.4) is 0 Å². The second-order valence-corrected chi connectivity index (χ2v) is 14.4. The first kappa shape index (κ1) is 32.3. The molecule has 1 N–H and O–H groups in total. The lowest BCUT2D eigenvalue weighted by Gasteiger charge is -2.27. The molecule has 0 aromatic heterocycles. The van der Waals surface area contributed by atoms with Crippen molar-refractivity contribution < 1.29 is 27.2 Å². The van der Waals surface area contributed by atoms with Crippen LogP contribution >= 0.6 is 0 Å². The highest BCUT2D eigenvalue weighted by molar-refractivity contribution is 7.85. The Balaban J connectivity index is 0.000000177. The average molecular weight is 619 g/mol. The van der Waals surface area contributed by atoms with E-state index in [9.17, 15) is 13.5 Å². The highest BCUT2D eigenvalue weighted by atomic mass is 32.2. The highest BCUT2D eigenvalue weighted by Crippen LogP contribution is 2.33. The molecule has 0 radical (unpaired) electrons. The van der Waals surface area contributed by atoms with E-state index in [0.29, 0.717) is 12.2 Å². The number of hydrogen-bond donors (Lipinski definition) is 1. The van der Waals surface area contributed by atoms with E-state index in [2.05, 4.69) is 32.0 Å². The molecule has 6 nitrogen and oxygen atoms in total. The van der Waals surface area contributed by atoms with Crippen LogP contribution < -0.4 is 9.47 Å². The molecular weight excluding hydrogens is 572 g/mol. The molecule has 2 aliphatic carbocycles. The van der Waals surface area contributed by atoms with Gasteiger partial charge in [-0.1, -0.05) is 62.4 Å². The molecule has 4 aromatic carbocycles. The lowest BCUT2D eigenvalue weighted by molar-refractivity contribution is 0.137. The first-order valence-electron chi connectivity index (χ1n) is 16.0. The van der Waals surface area contributed by atoms with E-state index in [1.165, 1.54) is 25.7 Å². The lowest BCUT2D eigenvalue weighted by atomic mass is 9.89. The number of hydrogen-bond acceptors (Lipinski definition) is 6. The molecule has 0 bridgehead atoms. The third kappa shape index (κ3) is 8.96. The van der Waals surface area contributed by atoms with Crippen molar-refractivity contribution in [2.45, 2.75) is 90.6 Å². The van der Waals surface area contributed by atoms with Crippen LogP contribution in [0.15, 0.2) is 72.8 Å². The Hall–Kier alpha value is -3.13. The summed E-state index contributed by atoms with van der Waals surface area (Å²) in [5.41, 5.74) is 1.78. The number of rotatable bonds is 8. The summed E-state index contributed by atoms with van der Waals surface area (Å²) in [5, 5.41) is 13.6. The molecule has 44 heavy (non-hydrogen) atoms. The summed E-state index contributed by atoms with van der Waals surface area (Å²) < 4.78 is 39.6. The fourth-order valence-corrected chi connectivity index (χ4v) is 6.58. The van der Waals surface area contributed by atoms with E-state index < -0.39 is 10.1 Å². The summed E-state index contributed by atoms with van der Waals surface area (Å²) in [6, 6.07) is 24.0. The molecule has 0 saturated heterocycles. The van der Waals surface area contributed by atoms with E-state index in [1.807, 2.05) is 54.6 Å². The zero-order valence-corrected chi connectivity index (χ0v) is 27.0. The predicted molar refractivity (Wildman–Crippen MR) is 178 cm³/mol. The Bertz CT molecular complexity index is 1630. The number of benzene rings is 4. The van der Waals surface area contributed by atoms with E-state index in [0.717, 1.165) is 87.9 Å². The van der Waals surface area contributed by atoms with Crippen molar-refractivity contribution in [2.24, 2.45) is 11.8 Å². The second-order valence-electron chi connectivity index (χ2n) is 12.7. The first-order chi connectivity index (χ1) is 21.2. The van der Waals surface area contributed by atoms with Gasteiger partial charge in [-0.05, 0) is 109 Å². The van der Waals surface area contributed by atoms with Gasteiger partial charge in [0, 0.05) is 10.8 Å². The Morgan fingerprint density at radius 1 is 0.659 bits per heavy atom. The van der Waals surface area contributed by atoms with Gasteiger partial charge in [0.1, 0.15) is 11.5 Å². The van der Waals surface area contributed by atoms with Crippen molar-refractivity contribution in [1.82, 2.24) is 0 Å². The SMILES string of the molecule is CC1CCC(Oc2cccc3cc(CO)ccc23)CC1.CC1CCC(Oc2cccc3cc(COS(C)(=O)=O)ccc23)CC1. The van der Waals surface area contributed by atoms with Gasteiger partial charge >= 0.3 is 0 Å². The summed E-state index contributed by atoms with van der Waals surface area (Å²) in [6.07, 6.45) is 11.2. The summed E-state index contributed by atoms with van der Waals surface area (Å²) in [6.45, 7) is 4.76. The van der Waals surface area contributed by atoms with E-state index in [4.69, 9.17) is 13.7 Å². The molecule has 2 aliphatic rings. The average Bonchev–Trinajstić information content (AvgIpc) is 3.02. The Kier molecular flexibility index (Phi) is 10.8. The quantitative estimate of drug-likeness (QED) is 0.199. The van der Waals surface area contributed by atoms with Crippen LogP contribution in [0, 0.1) is 11.8 Å². The third-order valence-electron chi connectivity index (χ3n) is 8.94. The summed E-state index contributed by atoms with van der Waals surface area (Å²) in [4.78, 5) is 0. The van der Waals surface area contributed by atoms with E-state index in [1.54, 1.807) is 0 Å². The Morgan fingerprint density at radius 3 is 1.57 bits per heavy atom. The second kappa shape index (κ2) is 14.8. The van der Waals surface area contributed by atoms with Crippen molar-refractivity contribution in [3.05, 3.63) is 83.9 Å². The number of ether oxygens (including phenoxy) is 2. The largest absolute Gasteiger partial charge is 0.490 e. The van der Waals surface area contributed by atoms with Crippen molar-refractivity contribution in [2.75, 3.05) is 6.26 Å². The molecule has 6 rings (SSSR count). The molecule has 0 amide bonds. The Labute approximate surface area is 262 Å². The van der Waals surface area contributed by atoms with Gasteiger partial charge in [0.25, 0.3) is 10.1 Å². The molecule has 0 unspecified atom stereocenters. The minimum Gasteiger partial charge on any atom is -0.490 e. The minimum absolute atomic E-state index is 0.0559. The molecule has 0 aliphatic heterocycles. The monoisotopic (exact) mass is 618 g/mol. The van der Waals surface area contributed by atoms with Gasteiger partial charge in [-0.15, -0.1) is 0 Å². The Morgan fingerprint density at radius 2 is 1.11 bits per heavy atom. The third-order valence-corrected chi connectivity index (χ3v) is 9.49. The topological polar surface area (TPSA) is 82.1 Å². The van der Waals surface area contributed by atoms with Crippen LogP contribution in [-0.2, 0) is 27.5 Å². The standard InChI is InChI=1S/C19H24O4S.C18H22O2/c1-14-6-9-17(10-7-14)23-19-5-3-4-16-12-15(8-11-18(16)19)13-22-24(2,20)21;1-13-5-8-16(9-6-13)20-18-4-2-3-15-11-14(12-19)7-10-17(15)18/h3-5,8,11-12,14,17H,6-7,9-10,13H2,1-2H3;2-4,7,10-11,13,16,19H,5-6,8-9,12H2,1H3. The molecule has 7 heteroatoms. The van der Waals surface area contributed by atoms with Gasteiger partial charge in [0.05, 0.1) is 31.7 Å². The molecule has 0 spiro atoms. The van der Waals surface area contributed by atoms with Gasteiger partial charge in [-0.2, -0.15) is 8.42 Å². The van der Waals surface area contributed by atoms with Crippen LogP contribution in [0.1, 0.15) is 76.3 Å². The maximum Gasteiger partial charge on any atom is 0.264 e. The maximum absolute atomic E-state index is 11.1. The fraction of sp³-hybridized carbons (Fsp3) is 0.459. The molecule has 236 valence electrons. The number of aliphatic hydroxyl groups is 1. The van der Waals surface area contributed by atoms with Crippen molar-refractivity contribution in [3.63, 3.8) is 0 Å². The fourth-order valence-electron chi connectivity index (χ4n) is 6.23. The first-order valence-corrected chi connectivity index (χ1v) is 17.8. The van der Waals surface area contributed by atoms with Crippen molar-refractivity contribution in [3.8, 4) is 11.5 Å². The summed E-state index contributed by atoms with van der Waals surface area (Å²) in [7, 11) is -3.43. The molecular formula is C37H46O6S. The summed E-state index contributed by atoms with van der Waals surface area (Å²) >= 11 is 0. The number of fused-ring (bicyclic) bond motifs is 2. The van der Waals surface area contributed by atoms with Crippen LogP contribution in [0.5, 0.6) is 11.5 Å². The highest BCUT2D eigenvalue weighted by Gasteiger charge is 2.21. The van der Waals surface area contributed by atoms with Gasteiger partial charge < -0.3 is 14.6 Å². The van der Waals surface area contributed by atoms with Gasteiger partial charge in [0.2, 0.25) is 0 Å². The molecule has 2 saturated carbocycles. The van der Waals surface area contributed by atoms with Crippen LogP contribution in [0.2, 0.25) is 0 Å². The van der Waals surface area contributed by atoms with Crippen LogP contribution in [-0.4, -0.2) is 32.0 Å². The smallest absolute Gasteiger partial charge is 0.264 e. The molecule has 0 atom stereocenters.